The van der Waals surface area contributed by atoms with Crippen molar-refractivity contribution in [1.82, 2.24) is 0 Å². The number of halogens is 1. The molecule has 58 valence electrons. The van der Waals surface area contributed by atoms with Gasteiger partial charge in [-0.05, 0) is 18.6 Å². The van der Waals surface area contributed by atoms with Crippen molar-refractivity contribution in [2.45, 2.75) is 6.92 Å². The maximum Gasteiger partial charge on any atom is 0.126 e. The van der Waals surface area contributed by atoms with Crippen LogP contribution in [0.4, 0.5) is 4.39 Å². The Bertz CT molecular complexity index is 296. The van der Waals surface area contributed by atoms with E-state index in [0.29, 0.717) is 11.1 Å². The molecule has 0 aliphatic heterocycles. The fraction of sp³-hybridized carbons (Fsp3) is 0.125. The molecule has 0 unspecified atom stereocenters. The van der Waals surface area contributed by atoms with Crippen LogP contribution in [-0.4, -0.2) is 4.99 Å². The van der Waals surface area contributed by atoms with E-state index in [1.807, 2.05) is 0 Å². The van der Waals surface area contributed by atoms with Crippen molar-refractivity contribution in [3.8, 4) is 0 Å². The number of nitrogens with two attached hydrogens (primary N) is 1. The Morgan fingerprint density at radius 3 is 2.64 bits per heavy atom. The minimum atomic E-state index is -0.268. The summed E-state index contributed by atoms with van der Waals surface area (Å²) in [6.45, 7) is 1.66. The second-order valence-corrected chi connectivity index (χ2v) is 2.72. The minimum Gasteiger partial charge on any atom is -0.389 e. The summed E-state index contributed by atoms with van der Waals surface area (Å²) in [5.74, 6) is -0.268. The zero-order valence-corrected chi connectivity index (χ0v) is 6.91. The highest BCUT2D eigenvalue weighted by Crippen LogP contribution is 2.11. The van der Waals surface area contributed by atoms with Gasteiger partial charge in [-0.25, -0.2) is 4.39 Å². The lowest BCUT2D eigenvalue weighted by Crippen LogP contribution is -2.11. The Kier molecular flexibility index (Phi) is 2.19. The second kappa shape index (κ2) is 2.96. The van der Waals surface area contributed by atoms with Crippen LogP contribution in [0.1, 0.15) is 11.1 Å². The zero-order valence-electron chi connectivity index (χ0n) is 6.10. The van der Waals surface area contributed by atoms with E-state index in [1.165, 1.54) is 6.07 Å². The summed E-state index contributed by atoms with van der Waals surface area (Å²) in [4.78, 5) is 0.238. The van der Waals surface area contributed by atoms with Crippen LogP contribution in [0.5, 0.6) is 0 Å². The Morgan fingerprint density at radius 2 is 2.18 bits per heavy atom. The largest absolute Gasteiger partial charge is 0.389 e. The maximum atomic E-state index is 12.8. The summed E-state index contributed by atoms with van der Waals surface area (Å²) in [6, 6.07) is 4.69. The molecule has 0 bridgehead atoms. The smallest absolute Gasteiger partial charge is 0.126 e. The highest BCUT2D eigenvalue weighted by molar-refractivity contribution is 7.80. The lowest BCUT2D eigenvalue weighted by molar-refractivity contribution is 0.618. The van der Waals surface area contributed by atoms with Crippen LogP contribution in [0.2, 0.25) is 0 Å². The predicted octanol–water partition coefficient (Wildman–Crippen LogP) is 1.77. The topological polar surface area (TPSA) is 26.0 Å². The molecule has 0 amide bonds. The first-order valence-corrected chi connectivity index (χ1v) is 3.58. The van der Waals surface area contributed by atoms with Gasteiger partial charge >= 0.3 is 0 Å². The zero-order chi connectivity index (χ0) is 8.43. The third-order valence-electron chi connectivity index (χ3n) is 1.53. The SMILES string of the molecule is Cc1c(F)cccc1C(N)=S. The summed E-state index contributed by atoms with van der Waals surface area (Å²) in [6.07, 6.45) is 0. The monoisotopic (exact) mass is 169 g/mol. The number of thiocarbonyl (C=S) groups is 1. The van der Waals surface area contributed by atoms with Crippen molar-refractivity contribution in [2.24, 2.45) is 5.73 Å². The van der Waals surface area contributed by atoms with Crippen LogP contribution >= 0.6 is 12.2 Å². The summed E-state index contributed by atoms with van der Waals surface area (Å²) in [5.41, 5.74) is 6.47. The average Bonchev–Trinajstić information content (AvgIpc) is 1.94. The molecule has 1 aromatic rings. The lowest BCUT2D eigenvalue weighted by Gasteiger charge is -2.02. The Balaban J connectivity index is 3.27. The first-order valence-electron chi connectivity index (χ1n) is 3.18. The van der Waals surface area contributed by atoms with Gasteiger partial charge in [0.2, 0.25) is 0 Å². The van der Waals surface area contributed by atoms with Crippen molar-refractivity contribution < 1.29 is 4.39 Å². The molecule has 11 heavy (non-hydrogen) atoms. The van der Waals surface area contributed by atoms with Gasteiger partial charge in [0.1, 0.15) is 10.8 Å². The van der Waals surface area contributed by atoms with Crippen molar-refractivity contribution >= 4 is 17.2 Å². The maximum absolute atomic E-state index is 12.8. The molecule has 0 spiro atoms. The molecule has 2 N–H and O–H groups in total. The number of benzene rings is 1. The van der Waals surface area contributed by atoms with Crippen LogP contribution < -0.4 is 5.73 Å². The van der Waals surface area contributed by atoms with Gasteiger partial charge in [0.25, 0.3) is 0 Å². The van der Waals surface area contributed by atoms with E-state index in [0.717, 1.165) is 0 Å². The molecule has 0 aliphatic rings. The van der Waals surface area contributed by atoms with E-state index >= 15 is 0 Å². The summed E-state index contributed by atoms with van der Waals surface area (Å²) in [7, 11) is 0. The van der Waals surface area contributed by atoms with Crippen LogP contribution in [0.3, 0.4) is 0 Å². The lowest BCUT2D eigenvalue weighted by atomic mass is 10.1. The summed E-state index contributed by atoms with van der Waals surface area (Å²) < 4.78 is 12.8. The molecule has 1 rings (SSSR count). The number of rotatable bonds is 1. The van der Waals surface area contributed by atoms with Gasteiger partial charge in [-0.2, -0.15) is 0 Å². The first-order chi connectivity index (χ1) is 5.13. The fourth-order valence-corrected chi connectivity index (χ4v) is 1.10. The molecule has 0 aromatic heterocycles. The van der Waals surface area contributed by atoms with Crippen molar-refractivity contribution in [1.29, 1.82) is 0 Å². The summed E-state index contributed by atoms with van der Waals surface area (Å²) in [5, 5.41) is 0. The predicted molar refractivity (Wildman–Crippen MR) is 47.0 cm³/mol. The average molecular weight is 169 g/mol. The molecule has 0 aliphatic carbocycles. The Hall–Kier alpha value is -0.960. The van der Waals surface area contributed by atoms with E-state index in [9.17, 15) is 4.39 Å². The molecular formula is C8H8FNS. The van der Waals surface area contributed by atoms with E-state index in [4.69, 9.17) is 18.0 Å². The second-order valence-electron chi connectivity index (χ2n) is 2.28. The highest BCUT2D eigenvalue weighted by Gasteiger charge is 2.03. The minimum absolute atomic E-state index is 0.238. The van der Waals surface area contributed by atoms with Crippen molar-refractivity contribution in [2.75, 3.05) is 0 Å². The molecular weight excluding hydrogens is 161 g/mol. The van der Waals surface area contributed by atoms with E-state index in [1.54, 1.807) is 19.1 Å². The Morgan fingerprint density at radius 1 is 1.55 bits per heavy atom. The molecule has 1 aromatic carbocycles. The molecule has 1 nitrogen and oxygen atoms in total. The van der Waals surface area contributed by atoms with Gasteiger partial charge in [0.15, 0.2) is 0 Å². The standard InChI is InChI=1S/C8H8FNS/c1-5-6(8(10)11)3-2-4-7(5)9/h2-4H,1H3,(H2,10,11). The van der Waals surface area contributed by atoms with Gasteiger partial charge < -0.3 is 5.73 Å². The molecule has 0 saturated heterocycles. The van der Waals surface area contributed by atoms with Gasteiger partial charge in [-0.1, -0.05) is 24.4 Å². The van der Waals surface area contributed by atoms with Crippen LogP contribution in [-0.2, 0) is 0 Å². The number of hydrogen-bond acceptors (Lipinski definition) is 1. The van der Waals surface area contributed by atoms with Gasteiger partial charge in [-0.15, -0.1) is 0 Å². The van der Waals surface area contributed by atoms with Gasteiger partial charge in [-0.3, -0.25) is 0 Å². The third-order valence-corrected chi connectivity index (χ3v) is 1.75. The van der Waals surface area contributed by atoms with E-state index < -0.39 is 0 Å². The first kappa shape index (κ1) is 8.14. The van der Waals surface area contributed by atoms with E-state index in [2.05, 4.69) is 0 Å². The normalized spacial score (nSPS) is 9.64. The van der Waals surface area contributed by atoms with Gasteiger partial charge in [0.05, 0.1) is 0 Å². The van der Waals surface area contributed by atoms with Crippen molar-refractivity contribution in [3.63, 3.8) is 0 Å². The molecule has 0 heterocycles. The van der Waals surface area contributed by atoms with Gasteiger partial charge in [0, 0.05) is 5.56 Å². The number of hydrogen-bond donors (Lipinski definition) is 1. The molecule has 0 atom stereocenters. The quantitative estimate of drug-likeness (QED) is 0.648. The van der Waals surface area contributed by atoms with Crippen molar-refractivity contribution in [3.05, 3.63) is 35.1 Å². The van der Waals surface area contributed by atoms with Crippen LogP contribution in [0.25, 0.3) is 0 Å². The third kappa shape index (κ3) is 1.54. The van der Waals surface area contributed by atoms with E-state index in [-0.39, 0.29) is 10.8 Å². The molecule has 0 fully saturated rings. The van der Waals surface area contributed by atoms with Crippen LogP contribution in [0, 0.1) is 12.7 Å². The fourth-order valence-electron chi connectivity index (χ4n) is 0.874. The molecule has 0 radical (unpaired) electrons. The Labute approximate surface area is 70.0 Å². The van der Waals surface area contributed by atoms with Crippen LogP contribution in [0.15, 0.2) is 18.2 Å². The molecule has 0 saturated carbocycles. The summed E-state index contributed by atoms with van der Waals surface area (Å²) >= 11 is 4.72. The highest BCUT2D eigenvalue weighted by atomic mass is 32.1. The molecule has 3 heteroatoms.